The summed E-state index contributed by atoms with van der Waals surface area (Å²) in [6.07, 6.45) is 5.54. The van der Waals surface area contributed by atoms with E-state index in [0.29, 0.717) is 16.2 Å². The Morgan fingerprint density at radius 3 is 2.35 bits per heavy atom. The van der Waals surface area contributed by atoms with E-state index in [9.17, 15) is 0 Å². The van der Waals surface area contributed by atoms with E-state index in [-0.39, 0.29) is 0 Å². The minimum Gasteiger partial charge on any atom is -0.316 e. The highest BCUT2D eigenvalue weighted by Crippen LogP contribution is 2.68. The molecule has 20 heavy (non-hydrogen) atoms. The molecule has 1 aliphatic carbocycles. The molecule has 0 aromatic rings. The lowest BCUT2D eigenvalue weighted by atomic mass is 9.60. The minimum atomic E-state index is 0.428. The van der Waals surface area contributed by atoms with Gasteiger partial charge in [0, 0.05) is 6.54 Å². The molecule has 2 fully saturated rings. The van der Waals surface area contributed by atoms with Crippen LogP contribution < -0.4 is 5.32 Å². The molecule has 0 spiro atoms. The van der Waals surface area contributed by atoms with E-state index < -0.39 is 0 Å². The fourth-order valence-corrected chi connectivity index (χ4v) is 4.94. The Morgan fingerprint density at radius 2 is 1.80 bits per heavy atom. The normalized spacial score (nSPS) is 46.0. The first-order valence-electron chi connectivity index (χ1n) is 8.91. The summed E-state index contributed by atoms with van der Waals surface area (Å²) in [6, 6.07) is 0. The van der Waals surface area contributed by atoms with E-state index in [1.807, 2.05) is 0 Å². The van der Waals surface area contributed by atoms with Crippen LogP contribution in [0.1, 0.15) is 74.1 Å². The van der Waals surface area contributed by atoms with E-state index in [0.717, 1.165) is 17.8 Å². The topological polar surface area (TPSA) is 12.0 Å². The summed E-state index contributed by atoms with van der Waals surface area (Å²) in [5, 5.41) is 3.85. The zero-order chi connectivity index (χ0) is 15.2. The highest BCUT2D eigenvalue weighted by Gasteiger charge is 2.62. The molecule has 0 aromatic heterocycles. The third-order valence-electron chi connectivity index (χ3n) is 7.57. The molecular weight excluding hydrogens is 242 g/mol. The summed E-state index contributed by atoms with van der Waals surface area (Å²) in [6.45, 7) is 19.7. The van der Waals surface area contributed by atoms with Crippen molar-refractivity contribution < 1.29 is 0 Å². The predicted octanol–water partition coefficient (Wildman–Crippen LogP) is 5.11. The molecule has 0 radical (unpaired) electrons. The SMILES string of the molecule is CCC1CC2(C)CC2C(C)(C(C)(C)CC)CNCC1C. The van der Waals surface area contributed by atoms with Gasteiger partial charge in [-0.05, 0) is 53.4 Å². The van der Waals surface area contributed by atoms with Gasteiger partial charge in [0.15, 0.2) is 0 Å². The van der Waals surface area contributed by atoms with Crippen LogP contribution in [0.4, 0.5) is 0 Å². The summed E-state index contributed by atoms with van der Waals surface area (Å²) in [4.78, 5) is 0. The number of nitrogens with one attached hydrogen (secondary N) is 1. The van der Waals surface area contributed by atoms with Gasteiger partial charge in [-0.3, -0.25) is 0 Å². The van der Waals surface area contributed by atoms with Crippen LogP contribution in [-0.4, -0.2) is 13.1 Å². The van der Waals surface area contributed by atoms with Crippen LogP contribution in [0.25, 0.3) is 0 Å². The van der Waals surface area contributed by atoms with Crippen molar-refractivity contribution in [3.05, 3.63) is 0 Å². The predicted molar refractivity (Wildman–Crippen MR) is 88.8 cm³/mol. The zero-order valence-corrected chi connectivity index (χ0v) is 15.0. The Morgan fingerprint density at radius 1 is 1.15 bits per heavy atom. The quantitative estimate of drug-likeness (QED) is 0.757. The van der Waals surface area contributed by atoms with Crippen molar-refractivity contribution in [2.24, 2.45) is 34.0 Å². The van der Waals surface area contributed by atoms with Gasteiger partial charge in [0.2, 0.25) is 0 Å². The van der Waals surface area contributed by atoms with Crippen LogP contribution in [0.15, 0.2) is 0 Å². The standard InChI is InChI=1S/C19H37N/c1-8-15-10-18(6)11-16(18)19(7,17(4,5)9-2)13-20-12-14(15)3/h14-16,20H,8-13H2,1-7H3. The monoisotopic (exact) mass is 279 g/mol. The van der Waals surface area contributed by atoms with E-state index in [2.05, 4.69) is 53.8 Å². The lowest BCUT2D eigenvalue weighted by molar-refractivity contribution is 0.0425. The highest BCUT2D eigenvalue weighted by atomic mass is 14.9. The first-order chi connectivity index (χ1) is 9.20. The summed E-state index contributed by atoms with van der Waals surface area (Å²) < 4.78 is 0. The molecule has 1 saturated heterocycles. The van der Waals surface area contributed by atoms with Crippen molar-refractivity contribution in [1.29, 1.82) is 0 Å². The van der Waals surface area contributed by atoms with E-state index in [1.165, 1.54) is 38.8 Å². The van der Waals surface area contributed by atoms with Crippen LogP contribution in [0.2, 0.25) is 0 Å². The van der Waals surface area contributed by atoms with Gasteiger partial charge in [-0.15, -0.1) is 0 Å². The van der Waals surface area contributed by atoms with E-state index in [1.54, 1.807) is 0 Å². The molecule has 5 unspecified atom stereocenters. The summed E-state index contributed by atoms with van der Waals surface area (Å²) >= 11 is 0. The van der Waals surface area contributed by atoms with Crippen LogP contribution in [0, 0.1) is 34.0 Å². The van der Waals surface area contributed by atoms with Crippen LogP contribution in [0.3, 0.4) is 0 Å². The molecule has 0 bridgehead atoms. The summed E-state index contributed by atoms with van der Waals surface area (Å²) in [5.74, 6) is 2.64. The van der Waals surface area contributed by atoms with Crippen molar-refractivity contribution in [3.8, 4) is 0 Å². The zero-order valence-electron chi connectivity index (χ0n) is 15.0. The van der Waals surface area contributed by atoms with E-state index >= 15 is 0 Å². The first-order valence-corrected chi connectivity index (χ1v) is 8.91. The average molecular weight is 280 g/mol. The molecule has 2 aliphatic rings. The van der Waals surface area contributed by atoms with Crippen LogP contribution >= 0.6 is 0 Å². The van der Waals surface area contributed by atoms with Crippen molar-refractivity contribution in [3.63, 3.8) is 0 Å². The fourth-order valence-electron chi connectivity index (χ4n) is 4.94. The molecule has 2 rings (SSSR count). The number of hydrogen-bond acceptors (Lipinski definition) is 1. The summed E-state index contributed by atoms with van der Waals surface area (Å²) in [5.41, 5.74) is 1.48. The maximum atomic E-state index is 3.85. The van der Waals surface area contributed by atoms with Gasteiger partial charge in [0.25, 0.3) is 0 Å². The number of rotatable bonds is 3. The van der Waals surface area contributed by atoms with Gasteiger partial charge in [0.1, 0.15) is 0 Å². The molecule has 1 nitrogen and oxygen atoms in total. The van der Waals surface area contributed by atoms with Crippen molar-refractivity contribution in [2.75, 3.05) is 13.1 Å². The second-order valence-electron chi connectivity index (χ2n) is 9.05. The molecule has 5 atom stereocenters. The Bertz CT molecular complexity index is 348. The molecule has 1 heteroatoms. The van der Waals surface area contributed by atoms with Crippen LogP contribution in [-0.2, 0) is 0 Å². The largest absolute Gasteiger partial charge is 0.316 e. The van der Waals surface area contributed by atoms with Crippen molar-refractivity contribution in [2.45, 2.75) is 74.1 Å². The molecule has 1 N–H and O–H groups in total. The summed E-state index contributed by atoms with van der Waals surface area (Å²) in [7, 11) is 0. The van der Waals surface area contributed by atoms with Gasteiger partial charge in [-0.2, -0.15) is 0 Å². The Labute approximate surface area is 127 Å². The highest BCUT2D eigenvalue weighted by molar-refractivity contribution is 5.12. The average Bonchev–Trinajstić information content (AvgIpc) is 3.07. The Hall–Kier alpha value is -0.0400. The van der Waals surface area contributed by atoms with Crippen molar-refractivity contribution in [1.82, 2.24) is 5.32 Å². The Balaban J connectivity index is 2.27. The second-order valence-corrected chi connectivity index (χ2v) is 9.05. The number of fused-ring (bicyclic) bond motifs is 1. The lowest BCUT2D eigenvalue weighted by Crippen LogP contribution is -2.46. The molecule has 118 valence electrons. The molecule has 1 aliphatic heterocycles. The Kier molecular flexibility index (Phi) is 4.33. The third kappa shape index (κ3) is 2.56. The van der Waals surface area contributed by atoms with Gasteiger partial charge < -0.3 is 5.32 Å². The smallest absolute Gasteiger partial charge is 0.00133 e. The molecule has 1 heterocycles. The first kappa shape index (κ1) is 16.3. The van der Waals surface area contributed by atoms with Gasteiger partial charge >= 0.3 is 0 Å². The van der Waals surface area contributed by atoms with Gasteiger partial charge in [-0.25, -0.2) is 0 Å². The lowest BCUT2D eigenvalue weighted by Gasteiger charge is -2.46. The van der Waals surface area contributed by atoms with Gasteiger partial charge in [0.05, 0.1) is 0 Å². The molecular formula is C19H37N. The van der Waals surface area contributed by atoms with Gasteiger partial charge in [-0.1, -0.05) is 61.3 Å². The van der Waals surface area contributed by atoms with E-state index in [4.69, 9.17) is 0 Å². The molecule has 0 aromatic carbocycles. The fraction of sp³-hybridized carbons (Fsp3) is 1.00. The maximum Gasteiger partial charge on any atom is 0.00133 e. The van der Waals surface area contributed by atoms with Crippen molar-refractivity contribution >= 4 is 0 Å². The minimum absolute atomic E-state index is 0.428. The molecule has 1 saturated carbocycles. The second kappa shape index (κ2) is 5.30. The number of hydrogen-bond donors (Lipinski definition) is 1. The third-order valence-corrected chi connectivity index (χ3v) is 7.57. The van der Waals surface area contributed by atoms with Crippen LogP contribution in [0.5, 0.6) is 0 Å². The molecule has 0 amide bonds. The maximum absolute atomic E-state index is 3.85.